The highest BCUT2D eigenvalue weighted by molar-refractivity contribution is 6.30. The molecule has 2 rings (SSSR count). The van der Waals surface area contributed by atoms with Crippen LogP contribution in [0.5, 0.6) is 5.75 Å². The first kappa shape index (κ1) is 14.2. The molecule has 104 valence electrons. The predicted molar refractivity (Wildman–Crippen MR) is 73.3 cm³/mol. The number of rotatable bonds is 4. The molecule has 1 fully saturated rings. The zero-order valence-corrected chi connectivity index (χ0v) is 11.6. The summed E-state index contributed by atoms with van der Waals surface area (Å²) in [6.45, 7) is 3.07. The number of nitrogens with zero attached hydrogens (tertiary/aromatic N) is 1. The maximum atomic E-state index is 12.0. The van der Waals surface area contributed by atoms with E-state index >= 15 is 0 Å². The topological polar surface area (TPSA) is 49.8 Å². The minimum absolute atomic E-state index is 0.00682. The Balaban J connectivity index is 1.82. The lowest BCUT2D eigenvalue weighted by Crippen LogP contribution is -2.34. The number of hydrogen-bond acceptors (Lipinski definition) is 3. The van der Waals surface area contributed by atoms with Gasteiger partial charge in [0.05, 0.1) is 6.10 Å². The summed E-state index contributed by atoms with van der Waals surface area (Å²) < 4.78 is 5.42. The van der Waals surface area contributed by atoms with Crippen molar-refractivity contribution in [3.8, 4) is 5.75 Å². The third-order valence-corrected chi connectivity index (χ3v) is 3.65. The molecule has 4 nitrogen and oxygen atoms in total. The fourth-order valence-electron chi connectivity index (χ4n) is 2.20. The summed E-state index contributed by atoms with van der Waals surface area (Å²) in [7, 11) is 0. The molecule has 2 atom stereocenters. The number of halogens is 1. The molecular formula is C14H18ClNO3. The van der Waals surface area contributed by atoms with Gasteiger partial charge in [-0.25, -0.2) is 0 Å². The summed E-state index contributed by atoms with van der Waals surface area (Å²) >= 11 is 5.84. The van der Waals surface area contributed by atoms with E-state index in [0.29, 0.717) is 23.9 Å². The minimum Gasteiger partial charge on any atom is -0.484 e. The van der Waals surface area contributed by atoms with Gasteiger partial charge in [0, 0.05) is 24.0 Å². The van der Waals surface area contributed by atoms with Crippen LogP contribution in [0.15, 0.2) is 24.3 Å². The van der Waals surface area contributed by atoms with E-state index in [-0.39, 0.29) is 24.5 Å². The van der Waals surface area contributed by atoms with Gasteiger partial charge in [0.2, 0.25) is 0 Å². The molecule has 0 saturated carbocycles. The van der Waals surface area contributed by atoms with Crippen LogP contribution in [-0.2, 0) is 4.79 Å². The maximum absolute atomic E-state index is 12.0. The van der Waals surface area contributed by atoms with Gasteiger partial charge in [0.15, 0.2) is 6.61 Å². The average Bonchev–Trinajstić information content (AvgIpc) is 2.86. The Morgan fingerprint density at radius 2 is 2.42 bits per heavy atom. The zero-order chi connectivity index (χ0) is 13.8. The molecular weight excluding hydrogens is 266 g/mol. The van der Waals surface area contributed by atoms with Crippen LogP contribution in [0.25, 0.3) is 0 Å². The van der Waals surface area contributed by atoms with Crippen LogP contribution in [0.2, 0.25) is 5.02 Å². The van der Waals surface area contributed by atoms with Crippen molar-refractivity contribution in [2.45, 2.75) is 19.4 Å². The second kappa shape index (κ2) is 6.26. The number of ether oxygens (including phenoxy) is 1. The zero-order valence-electron chi connectivity index (χ0n) is 10.9. The van der Waals surface area contributed by atoms with E-state index in [1.165, 1.54) is 0 Å². The molecule has 1 amide bonds. The Labute approximate surface area is 117 Å². The Morgan fingerprint density at radius 3 is 3.05 bits per heavy atom. The Kier molecular flexibility index (Phi) is 4.66. The third kappa shape index (κ3) is 3.85. The molecule has 1 heterocycles. The van der Waals surface area contributed by atoms with Gasteiger partial charge in [0.1, 0.15) is 5.75 Å². The molecule has 19 heavy (non-hydrogen) atoms. The summed E-state index contributed by atoms with van der Waals surface area (Å²) in [6, 6.07) is 6.98. The van der Waals surface area contributed by atoms with Gasteiger partial charge < -0.3 is 14.7 Å². The monoisotopic (exact) mass is 283 g/mol. The van der Waals surface area contributed by atoms with Gasteiger partial charge in [-0.2, -0.15) is 0 Å². The molecule has 1 aliphatic heterocycles. The van der Waals surface area contributed by atoms with Crippen molar-refractivity contribution in [1.29, 1.82) is 0 Å². The normalized spacial score (nSPS) is 20.4. The number of aliphatic hydroxyl groups is 1. The number of amides is 1. The van der Waals surface area contributed by atoms with Crippen LogP contribution in [0, 0.1) is 5.92 Å². The fourth-order valence-corrected chi connectivity index (χ4v) is 2.38. The molecule has 0 bridgehead atoms. The molecule has 0 spiro atoms. The smallest absolute Gasteiger partial charge is 0.260 e. The first-order valence-electron chi connectivity index (χ1n) is 6.40. The second-order valence-electron chi connectivity index (χ2n) is 4.88. The molecule has 0 aliphatic carbocycles. The lowest BCUT2D eigenvalue weighted by Gasteiger charge is -2.18. The van der Waals surface area contributed by atoms with Gasteiger partial charge in [-0.3, -0.25) is 4.79 Å². The van der Waals surface area contributed by atoms with Gasteiger partial charge in [-0.15, -0.1) is 0 Å². The molecule has 1 aliphatic rings. The summed E-state index contributed by atoms with van der Waals surface area (Å²) in [4.78, 5) is 13.7. The van der Waals surface area contributed by atoms with Crippen molar-refractivity contribution in [3.63, 3.8) is 0 Å². The minimum atomic E-state index is -0.369. The predicted octanol–water partition coefficient (Wildman–Crippen LogP) is 1.95. The number of likely N-dealkylation sites (tertiary alicyclic amines) is 1. The van der Waals surface area contributed by atoms with E-state index in [4.69, 9.17) is 16.3 Å². The number of carbonyl (C=O) groups is 1. The highest BCUT2D eigenvalue weighted by Crippen LogP contribution is 2.20. The average molecular weight is 284 g/mol. The van der Waals surface area contributed by atoms with Crippen molar-refractivity contribution in [1.82, 2.24) is 4.90 Å². The molecule has 1 saturated heterocycles. The summed E-state index contributed by atoms with van der Waals surface area (Å²) in [5.74, 6) is 0.713. The highest BCUT2D eigenvalue weighted by atomic mass is 35.5. The number of benzene rings is 1. The highest BCUT2D eigenvalue weighted by Gasteiger charge is 2.29. The van der Waals surface area contributed by atoms with Gasteiger partial charge in [0.25, 0.3) is 5.91 Å². The van der Waals surface area contributed by atoms with Crippen LogP contribution < -0.4 is 4.74 Å². The van der Waals surface area contributed by atoms with Crippen molar-refractivity contribution in [2.75, 3.05) is 19.7 Å². The molecule has 1 aromatic carbocycles. The summed E-state index contributed by atoms with van der Waals surface area (Å²) in [5, 5.41) is 10.1. The van der Waals surface area contributed by atoms with Crippen LogP contribution in [0.4, 0.5) is 0 Å². The van der Waals surface area contributed by atoms with E-state index in [1.807, 2.05) is 0 Å². The first-order valence-corrected chi connectivity index (χ1v) is 6.78. The number of carbonyl (C=O) groups excluding carboxylic acids is 1. The molecule has 0 radical (unpaired) electrons. The largest absolute Gasteiger partial charge is 0.484 e. The van der Waals surface area contributed by atoms with Gasteiger partial charge in [-0.1, -0.05) is 17.7 Å². The number of hydrogen-bond donors (Lipinski definition) is 1. The fraction of sp³-hybridized carbons (Fsp3) is 0.500. The number of aliphatic hydroxyl groups excluding tert-OH is 1. The Bertz CT molecular complexity index is 450. The van der Waals surface area contributed by atoms with Crippen molar-refractivity contribution in [2.24, 2.45) is 5.92 Å². The van der Waals surface area contributed by atoms with E-state index in [2.05, 4.69) is 0 Å². The lowest BCUT2D eigenvalue weighted by molar-refractivity contribution is -0.132. The SMILES string of the molecule is CC(O)C1CCN(C(=O)COc2cccc(Cl)c2)C1. The summed E-state index contributed by atoms with van der Waals surface area (Å²) in [6.07, 6.45) is 0.479. The first-order chi connectivity index (χ1) is 9.06. The van der Waals surface area contributed by atoms with Crippen LogP contribution in [0.3, 0.4) is 0 Å². The van der Waals surface area contributed by atoms with Crippen LogP contribution in [0.1, 0.15) is 13.3 Å². The van der Waals surface area contributed by atoms with Crippen molar-refractivity contribution >= 4 is 17.5 Å². The van der Waals surface area contributed by atoms with E-state index < -0.39 is 0 Å². The van der Waals surface area contributed by atoms with Crippen LogP contribution in [-0.4, -0.2) is 41.7 Å². The van der Waals surface area contributed by atoms with Crippen LogP contribution >= 0.6 is 11.6 Å². The van der Waals surface area contributed by atoms with Gasteiger partial charge in [-0.05, 0) is 31.5 Å². The quantitative estimate of drug-likeness (QED) is 0.919. The molecule has 1 aromatic rings. The van der Waals surface area contributed by atoms with Crippen molar-refractivity contribution in [3.05, 3.63) is 29.3 Å². The third-order valence-electron chi connectivity index (χ3n) is 3.42. The Hall–Kier alpha value is -1.26. The van der Waals surface area contributed by atoms with E-state index in [9.17, 15) is 9.90 Å². The standard InChI is InChI=1S/C14H18ClNO3/c1-10(17)11-5-6-16(8-11)14(18)9-19-13-4-2-3-12(15)7-13/h2-4,7,10-11,17H,5-6,8-9H2,1H3. The summed E-state index contributed by atoms with van der Waals surface area (Å²) in [5.41, 5.74) is 0. The molecule has 1 N–H and O–H groups in total. The lowest BCUT2D eigenvalue weighted by atomic mass is 10.0. The molecule has 2 unspecified atom stereocenters. The van der Waals surface area contributed by atoms with Crippen molar-refractivity contribution < 1.29 is 14.6 Å². The molecule has 5 heteroatoms. The maximum Gasteiger partial charge on any atom is 0.260 e. The van der Waals surface area contributed by atoms with Gasteiger partial charge >= 0.3 is 0 Å². The second-order valence-corrected chi connectivity index (χ2v) is 5.31. The van der Waals surface area contributed by atoms with E-state index in [1.54, 1.807) is 36.1 Å². The van der Waals surface area contributed by atoms with E-state index in [0.717, 1.165) is 6.42 Å². The Morgan fingerprint density at radius 1 is 1.63 bits per heavy atom. The molecule has 0 aromatic heterocycles.